The van der Waals surface area contributed by atoms with E-state index in [2.05, 4.69) is 24.9 Å². The second-order valence-electron chi connectivity index (χ2n) is 5.82. The summed E-state index contributed by atoms with van der Waals surface area (Å²) in [6.07, 6.45) is 12.7. The minimum absolute atomic E-state index is 0.0470. The van der Waals surface area contributed by atoms with Crippen LogP contribution in [0.3, 0.4) is 0 Å². The van der Waals surface area contributed by atoms with Crippen LogP contribution >= 0.6 is 0 Å². The minimum Gasteiger partial charge on any atom is -0.442 e. The summed E-state index contributed by atoms with van der Waals surface area (Å²) in [5.41, 5.74) is 1.73. The number of aryl methyl sites for hydroxylation is 1. The van der Waals surface area contributed by atoms with E-state index < -0.39 is 0 Å². The molecular formula is C18H18N6O2. The van der Waals surface area contributed by atoms with Crippen LogP contribution in [0.25, 0.3) is 11.4 Å². The van der Waals surface area contributed by atoms with Gasteiger partial charge < -0.3 is 9.40 Å². The average molecular weight is 350 g/mol. The van der Waals surface area contributed by atoms with E-state index in [4.69, 9.17) is 9.68 Å². The Bertz CT molecular complexity index is 877. The number of nitrogens with zero attached hydrogens (tertiary/aromatic N) is 5. The van der Waals surface area contributed by atoms with Crippen molar-refractivity contribution < 1.29 is 9.21 Å². The van der Waals surface area contributed by atoms with Crippen molar-refractivity contribution in [2.75, 3.05) is 0 Å². The summed E-state index contributed by atoms with van der Waals surface area (Å²) in [5, 5.41) is 8.74. The molecule has 3 aromatic heterocycles. The van der Waals surface area contributed by atoms with Crippen LogP contribution in [0.15, 0.2) is 35.5 Å². The number of H-pyrrole nitrogens is 1. The third kappa shape index (κ3) is 4.60. The van der Waals surface area contributed by atoms with Crippen LogP contribution in [0.2, 0.25) is 0 Å². The van der Waals surface area contributed by atoms with Crippen molar-refractivity contribution in [3.05, 3.63) is 48.5 Å². The normalized spacial score (nSPS) is 10.6. The van der Waals surface area contributed by atoms with E-state index in [1.807, 2.05) is 6.07 Å². The molecule has 132 valence electrons. The summed E-state index contributed by atoms with van der Waals surface area (Å²) >= 11 is 0. The highest BCUT2D eigenvalue weighted by molar-refractivity contribution is 5.91. The Hall–Kier alpha value is -3.34. The molecule has 0 aliphatic heterocycles. The van der Waals surface area contributed by atoms with Gasteiger partial charge in [-0.05, 0) is 12.8 Å². The Morgan fingerprint density at radius 3 is 2.69 bits per heavy atom. The summed E-state index contributed by atoms with van der Waals surface area (Å²) in [5.74, 6) is 1.04. The Labute approximate surface area is 150 Å². The lowest BCUT2D eigenvalue weighted by Gasteiger charge is -2.00. The number of nitriles is 1. The van der Waals surface area contributed by atoms with Gasteiger partial charge in [-0.25, -0.2) is 19.9 Å². The van der Waals surface area contributed by atoms with Gasteiger partial charge in [0.2, 0.25) is 5.78 Å². The van der Waals surface area contributed by atoms with Gasteiger partial charge in [0.25, 0.3) is 5.89 Å². The van der Waals surface area contributed by atoms with Gasteiger partial charge in [-0.1, -0.05) is 12.8 Å². The number of imidazole rings is 1. The summed E-state index contributed by atoms with van der Waals surface area (Å²) in [4.78, 5) is 31.4. The lowest BCUT2D eigenvalue weighted by Crippen LogP contribution is -1.99. The monoisotopic (exact) mass is 350 g/mol. The number of hydrogen-bond acceptors (Lipinski definition) is 7. The fourth-order valence-electron chi connectivity index (χ4n) is 2.54. The number of oxazole rings is 1. The number of ketones is 1. The van der Waals surface area contributed by atoms with Crippen LogP contribution in [-0.4, -0.2) is 30.7 Å². The van der Waals surface area contributed by atoms with Gasteiger partial charge in [-0.3, -0.25) is 4.79 Å². The molecule has 8 heteroatoms. The van der Waals surface area contributed by atoms with Crippen molar-refractivity contribution in [1.29, 1.82) is 5.26 Å². The molecule has 3 rings (SSSR count). The topological polar surface area (TPSA) is 121 Å². The van der Waals surface area contributed by atoms with Crippen molar-refractivity contribution in [3.8, 4) is 17.5 Å². The predicted octanol–water partition coefficient (Wildman–Crippen LogP) is 3.10. The van der Waals surface area contributed by atoms with Crippen LogP contribution in [0.1, 0.15) is 54.3 Å². The highest BCUT2D eigenvalue weighted by Gasteiger charge is 2.10. The van der Waals surface area contributed by atoms with Crippen molar-refractivity contribution >= 4 is 5.78 Å². The maximum absolute atomic E-state index is 11.7. The lowest BCUT2D eigenvalue weighted by molar-refractivity contribution is 0.0945. The fourth-order valence-corrected chi connectivity index (χ4v) is 2.54. The van der Waals surface area contributed by atoms with Crippen LogP contribution in [0.4, 0.5) is 0 Å². The molecule has 0 atom stereocenters. The Morgan fingerprint density at radius 1 is 1.08 bits per heavy atom. The van der Waals surface area contributed by atoms with E-state index >= 15 is 0 Å². The number of rotatable bonds is 9. The number of carbonyl (C=O) groups is 1. The Morgan fingerprint density at radius 2 is 1.96 bits per heavy atom. The zero-order chi connectivity index (χ0) is 18.2. The maximum Gasteiger partial charge on any atom is 0.263 e. The second-order valence-corrected chi connectivity index (χ2v) is 5.82. The molecule has 0 spiro atoms. The van der Waals surface area contributed by atoms with Crippen LogP contribution in [0.5, 0.6) is 0 Å². The number of unbranched alkanes of at least 4 members (excludes halogenated alkanes) is 3. The number of aromatic nitrogens is 5. The lowest BCUT2D eigenvalue weighted by atomic mass is 10.1. The smallest absolute Gasteiger partial charge is 0.263 e. The van der Waals surface area contributed by atoms with Gasteiger partial charge in [0.15, 0.2) is 5.69 Å². The fraction of sp³-hybridized carbons (Fsp3) is 0.333. The van der Waals surface area contributed by atoms with Crippen LogP contribution in [0, 0.1) is 11.3 Å². The molecule has 3 aromatic rings. The number of aromatic amines is 1. The first kappa shape index (κ1) is 17.5. The Balaban J connectivity index is 1.37. The second kappa shape index (κ2) is 8.67. The highest BCUT2D eigenvalue weighted by Crippen LogP contribution is 2.15. The quantitative estimate of drug-likeness (QED) is 0.465. The molecule has 0 bridgehead atoms. The SMILES string of the molecule is N#Cc1cnc(-c2cnc(CCCCCCC(=O)c3ncco3)[nH]2)cn1. The van der Waals surface area contributed by atoms with Gasteiger partial charge in [0.1, 0.15) is 23.9 Å². The van der Waals surface area contributed by atoms with Gasteiger partial charge in [0.05, 0.1) is 30.5 Å². The van der Waals surface area contributed by atoms with Crippen molar-refractivity contribution in [1.82, 2.24) is 24.9 Å². The van der Waals surface area contributed by atoms with Crippen LogP contribution in [-0.2, 0) is 6.42 Å². The summed E-state index contributed by atoms with van der Waals surface area (Å²) in [7, 11) is 0. The first-order chi connectivity index (χ1) is 12.8. The van der Waals surface area contributed by atoms with E-state index in [1.165, 1.54) is 18.7 Å². The summed E-state index contributed by atoms with van der Waals surface area (Å²) < 4.78 is 4.98. The van der Waals surface area contributed by atoms with E-state index in [0.717, 1.165) is 43.6 Å². The van der Waals surface area contributed by atoms with E-state index in [1.54, 1.807) is 12.4 Å². The van der Waals surface area contributed by atoms with Gasteiger partial charge in [0, 0.05) is 12.8 Å². The van der Waals surface area contributed by atoms with E-state index in [-0.39, 0.29) is 17.4 Å². The summed E-state index contributed by atoms with van der Waals surface area (Å²) in [6, 6.07) is 1.94. The Kier molecular flexibility index (Phi) is 5.83. The number of hydrogen-bond donors (Lipinski definition) is 1. The average Bonchev–Trinajstić information content (AvgIpc) is 3.36. The largest absolute Gasteiger partial charge is 0.442 e. The molecular weight excluding hydrogens is 332 g/mol. The molecule has 8 nitrogen and oxygen atoms in total. The van der Waals surface area contributed by atoms with Crippen molar-refractivity contribution in [3.63, 3.8) is 0 Å². The molecule has 26 heavy (non-hydrogen) atoms. The van der Waals surface area contributed by atoms with E-state index in [9.17, 15) is 4.79 Å². The first-order valence-electron chi connectivity index (χ1n) is 8.45. The number of Topliss-reactive ketones (excluding diaryl/α,β-unsaturated/α-hetero) is 1. The van der Waals surface area contributed by atoms with Gasteiger partial charge >= 0.3 is 0 Å². The minimum atomic E-state index is -0.0470. The molecule has 0 fully saturated rings. The zero-order valence-electron chi connectivity index (χ0n) is 14.2. The molecule has 0 aromatic carbocycles. The molecule has 0 radical (unpaired) electrons. The number of nitrogens with one attached hydrogen (secondary N) is 1. The predicted molar refractivity (Wildman–Crippen MR) is 92.0 cm³/mol. The first-order valence-corrected chi connectivity index (χ1v) is 8.45. The molecule has 1 N–H and O–H groups in total. The highest BCUT2D eigenvalue weighted by atomic mass is 16.3. The maximum atomic E-state index is 11.7. The van der Waals surface area contributed by atoms with Gasteiger partial charge in [-0.15, -0.1) is 0 Å². The van der Waals surface area contributed by atoms with Crippen molar-refractivity contribution in [2.45, 2.75) is 38.5 Å². The third-order valence-corrected chi connectivity index (χ3v) is 3.91. The van der Waals surface area contributed by atoms with Gasteiger partial charge in [-0.2, -0.15) is 5.26 Å². The molecule has 0 saturated heterocycles. The molecule has 3 heterocycles. The molecule has 0 saturated carbocycles. The zero-order valence-corrected chi connectivity index (χ0v) is 14.2. The molecule has 0 aliphatic carbocycles. The molecule has 0 amide bonds. The third-order valence-electron chi connectivity index (χ3n) is 3.91. The standard InChI is InChI=1S/C18H18N6O2/c19-9-13-10-22-14(11-21-13)15-12-23-17(24-15)6-4-2-1-3-5-16(25)18-20-7-8-26-18/h7-8,10-12H,1-6H2,(H,23,24). The van der Waals surface area contributed by atoms with E-state index in [0.29, 0.717) is 12.1 Å². The van der Waals surface area contributed by atoms with Crippen LogP contribution < -0.4 is 0 Å². The number of carbonyl (C=O) groups excluding carboxylic acids is 1. The van der Waals surface area contributed by atoms with Crippen molar-refractivity contribution in [2.24, 2.45) is 0 Å². The summed E-state index contributed by atoms with van der Waals surface area (Å²) in [6.45, 7) is 0. The molecule has 0 aliphatic rings. The molecule has 0 unspecified atom stereocenters.